The number of ether oxygens (including phenoxy) is 2. The zero-order chi connectivity index (χ0) is 15.2. The molecule has 0 aliphatic heterocycles. The van der Waals surface area contributed by atoms with E-state index >= 15 is 0 Å². The van der Waals surface area contributed by atoms with Crippen molar-refractivity contribution in [2.75, 3.05) is 0 Å². The van der Waals surface area contributed by atoms with Crippen LogP contribution in [0.1, 0.15) is 55.5 Å². The van der Waals surface area contributed by atoms with Crippen LogP contribution in [0.3, 0.4) is 0 Å². The van der Waals surface area contributed by atoms with Gasteiger partial charge in [0.25, 0.3) is 0 Å². The fourth-order valence-corrected chi connectivity index (χ4v) is 2.54. The van der Waals surface area contributed by atoms with Gasteiger partial charge in [-0.05, 0) is 57.2 Å². The lowest BCUT2D eigenvalue weighted by Gasteiger charge is -2.26. The molecule has 0 aromatic heterocycles. The quantitative estimate of drug-likeness (QED) is 0.847. The van der Waals surface area contributed by atoms with Crippen LogP contribution in [0, 0.1) is 0 Å². The predicted molar refractivity (Wildman–Crippen MR) is 82.0 cm³/mol. The monoisotopic (exact) mass is 291 g/mol. The highest BCUT2D eigenvalue weighted by molar-refractivity contribution is 5.89. The molecule has 4 nitrogen and oxygen atoms in total. The Morgan fingerprint density at radius 1 is 1.29 bits per heavy atom. The van der Waals surface area contributed by atoms with Crippen LogP contribution in [-0.2, 0) is 16.1 Å². The Morgan fingerprint density at radius 2 is 2.00 bits per heavy atom. The Balaban J connectivity index is 1.87. The first kappa shape index (κ1) is 16.0. The van der Waals surface area contributed by atoms with Gasteiger partial charge in [-0.25, -0.2) is 4.79 Å². The first-order chi connectivity index (χ1) is 10.0. The molecule has 4 heteroatoms. The maximum atomic E-state index is 11.9. The molecule has 2 N–H and O–H groups in total. The molecule has 0 heterocycles. The lowest BCUT2D eigenvalue weighted by molar-refractivity contribution is 0.0137. The topological polar surface area (TPSA) is 61.5 Å². The van der Waals surface area contributed by atoms with Crippen molar-refractivity contribution in [1.82, 2.24) is 0 Å². The van der Waals surface area contributed by atoms with Crippen molar-refractivity contribution < 1.29 is 14.3 Å². The molecule has 0 unspecified atom stereocenters. The van der Waals surface area contributed by atoms with Crippen LogP contribution in [0.4, 0.5) is 0 Å². The fraction of sp³-hybridized carbons (Fsp3) is 0.588. The Morgan fingerprint density at radius 3 is 2.67 bits per heavy atom. The summed E-state index contributed by atoms with van der Waals surface area (Å²) in [6.45, 7) is 4.22. The van der Waals surface area contributed by atoms with Crippen LogP contribution in [0.25, 0.3) is 0 Å². The van der Waals surface area contributed by atoms with E-state index in [2.05, 4.69) is 0 Å². The van der Waals surface area contributed by atoms with Crippen molar-refractivity contribution in [1.29, 1.82) is 0 Å². The van der Waals surface area contributed by atoms with Gasteiger partial charge in [-0.2, -0.15) is 0 Å². The van der Waals surface area contributed by atoms with Gasteiger partial charge in [-0.1, -0.05) is 12.1 Å². The summed E-state index contributed by atoms with van der Waals surface area (Å²) in [4.78, 5) is 11.9. The molecule has 1 aromatic carbocycles. The Labute approximate surface area is 126 Å². The Kier molecular flexibility index (Phi) is 5.76. The van der Waals surface area contributed by atoms with Crippen molar-refractivity contribution >= 4 is 5.97 Å². The molecular formula is C17H25NO3. The smallest absolute Gasteiger partial charge is 0.338 e. The molecule has 1 aliphatic rings. The van der Waals surface area contributed by atoms with Gasteiger partial charge in [0, 0.05) is 6.04 Å². The van der Waals surface area contributed by atoms with Gasteiger partial charge in [0.15, 0.2) is 0 Å². The van der Waals surface area contributed by atoms with Gasteiger partial charge in [0.2, 0.25) is 0 Å². The third kappa shape index (κ3) is 5.14. The third-order valence-electron chi connectivity index (χ3n) is 3.71. The fourth-order valence-electron chi connectivity index (χ4n) is 2.54. The summed E-state index contributed by atoms with van der Waals surface area (Å²) in [5.41, 5.74) is 7.47. The standard InChI is InChI=1S/C17H25NO3/c1-12(2)21-17(19)14-5-3-4-13(10-14)11-20-16-8-6-15(18)7-9-16/h3-5,10,12,15-16H,6-9,11,18H2,1-2H3. The van der Waals surface area contributed by atoms with E-state index in [1.54, 1.807) is 6.07 Å². The maximum absolute atomic E-state index is 11.9. The van der Waals surface area contributed by atoms with E-state index in [9.17, 15) is 4.79 Å². The second kappa shape index (κ2) is 7.57. The SMILES string of the molecule is CC(C)OC(=O)c1cccc(COC2CCC(N)CC2)c1. The predicted octanol–water partition coefficient (Wildman–Crippen LogP) is 3.04. The zero-order valence-corrected chi connectivity index (χ0v) is 12.9. The normalized spacial score (nSPS) is 22.3. The highest BCUT2D eigenvalue weighted by Crippen LogP contribution is 2.21. The largest absolute Gasteiger partial charge is 0.459 e. The summed E-state index contributed by atoms with van der Waals surface area (Å²) in [6.07, 6.45) is 4.29. The first-order valence-corrected chi connectivity index (χ1v) is 7.71. The zero-order valence-electron chi connectivity index (χ0n) is 12.9. The summed E-state index contributed by atoms with van der Waals surface area (Å²) >= 11 is 0. The number of nitrogens with two attached hydrogens (primary N) is 1. The van der Waals surface area contributed by atoms with Crippen LogP contribution in [-0.4, -0.2) is 24.2 Å². The van der Waals surface area contributed by atoms with Crippen LogP contribution in [0.15, 0.2) is 24.3 Å². The van der Waals surface area contributed by atoms with Crippen molar-refractivity contribution in [3.63, 3.8) is 0 Å². The van der Waals surface area contributed by atoms with Crippen molar-refractivity contribution in [2.45, 2.75) is 64.4 Å². The molecule has 116 valence electrons. The van der Waals surface area contributed by atoms with Gasteiger partial charge >= 0.3 is 5.97 Å². The summed E-state index contributed by atoms with van der Waals surface area (Å²) in [5, 5.41) is 0. The third-order valence-corrected chi connectivity index (χ3v) is 3.71. The van der Waals surface area contributed by atoms with Gasteiger partial charge in [-0.3, -0.25) is 0 Å². The summed E-state index contributed by atoms with van der Waals surface area (Å²) in [6, 6.07) is 7.79. The minimum Gasteiger partial charge on any atom is -0.459 e. The molecule has 1 fully saturated rings. The first-order valence-electron chi connectivity index (χ1n) is 7.71. The molecule has 0 saturated heterocycles. The Hall–Kier alpha value is -1.39. The van der Waals surface area contributed by atoms with E-state index in [-0.39, 0.29) is 18.2 Å². The van der Waals surface area contributed by atoms with Crippen molar-refractivity contribution in [3.8, 4) is 0 Å². The van der Waals surface area contributed by atoms with E-state index in [1.807, 2.05) is 32.0 Å². The van der Waals surface area contributed by atoms with E-state index in [0.29, 0.717) is 18.2 Å². The average Bonchev–Trinajstić information content (AvgIpc) is 2.46. The molecule has 0 atom stereocenters. The lowest BCUT2D eigenvalue weighted by Crippen LogP contribution is -2.30. The van der Waals surface area contributed by atoms with Crippen molar-refractivity contribution in [3.05, 3.63) is 35.4 Å². The number of benzene rings is 1. The molecule has 0 amide bonds. The molecular weight excluding hydrogens is 266 g/mol. The number of hydrogen-bond donors (Lipinski definition) is 1. The second-order valence-electron chi connectivity index (χ2n) is 6.00. The summed E-state index contributed by atoms with van der Waals surface area (Å²) in [7, 11) is 0. The average molecular weight is 291 g/mol. The number of carbonyl (C=O) groups is 1. The van der Waals surface area contributed by atoms with E-state index in [4.69, 9.17) is 15.2 Å². The molecule has 1 aromatic rings. The lowest BCUT2D eigenvalue weighted by atomic mass is 9.94. The van der Waals surface area contributed by atoms with E-state index < -0.39 is 0 Å². The van der Waals surface area contributed by atoms with Crippen LogP contribution in [0.5, 0.6) is 0 Å². The minimum absolute atomic E-state index is 0.108. The van der Waals surface area contributed by atoms with Gasteiger partial charge in [0.1, 0.15) is 0 Å². The van der Waals surface area contributed by atoms with Gasteiger partial charge < -0.3 is 15.2 Å². The Bertz CT molecular complexity index is 465. The van der Waals surface area contributed by atoms with Crippen LogP contribution in [0.2, 0.25) is 0 Å². The molecule has 21 heavy (non-hydrogen) atoms. The molecule has 1 aliphatic carbocycles. The summed E-state index contributed by atoms with van der Waals surface area (Å²) in [5.74, 6) is -0.282. The molecule has 1 saturated carbocycles. The number of rotatable bonds is 5. The molecule has 0 bridgehead atoms. The number of carbonyl (C=O) groups excluding carboxylic acids is 1. The van der Waals surface area contributed by atoms with E-state index in [0.717, 1.165) is 31.2 Å². The second-order valence-corrected chi connectivity index (χ2v) is 6.00. The van der Waals surface area contributed by atoms with Gasteiger partial charge in [0.05, 0.1) is 24.4 Å². The summed E-state index contributed by atoms with van der Waals surface area (Å²) < 4.78 is 11.1. The van der Waals surface area contributed by atoms with Crippen molar-refractivity contribution in [2.24, 2.45) is 5.73 Å². The number of hydrogen-bond acceptors (Lipinski definition) is 4. The molecule has 0 spiro atoms. The highest BCUT2D eigenvalue weighted by Gasteiger charge is 2.19. The maximum Gasteiger partial charge on any atom is 0.338 e. The highest BCUT2D eigenvalue weighted by atomic mass is 16.5. The van der Waals surface area contributed by atoms with Gasteiger partial charge in [-0.15, -0.1) is 0 Å². The number of esters is 1. The molecule has 2 rings (SSSR count). The van der Waals surface area contributed by atoms with Crippen LogP contribution < -0.4 is 5.73 Å². The van der Waals surface area contributed by atoms with E-state index in [1.165, 1.54) is 0 Å². The van der Waals surface area contributed by atoms with Crippen LogP contribution >= 0.6 is 0 Å². The molecule has 0 radical (unpaired) electrons. The minimum atomic E-state index is -0.282.